The molecule has 21 heavy (non-hydrogen) atoms. The molecule has 1 N–H and O–H groups in total. The lowest BCUT2D eigenvalue weighted by Crippen LogP contribution is -2.47. The highest BCUT2D eigenvalue weighted by atomic mass is 79.9. The largest absolute Gasteiger partial charge is 0.459 e. The lowest BCUT2D eigenvalue weighted by molar-refractivity contribution is -0.158. The third-order valence-electron chi connectivity index (χ3n) is 2.42. The van der Waals surface area contributed by atoms with Crippen LogP contribution in [0.5, 0.6) is 0 Å². The molecule has 0 bridgehead atoms. The zero-order valence-electron chi connectivity index (χ0n) is 12.6. The Morgan fingerprint density at radius 2 is 1.90 bits per heavy atom. The minimum Gasteiger partial charge on any atom is -0.459 e. The van der Waals surface area contributed by atoms with Gasteiger partial charge in [0.05, 0.1) is 3.79 Å². The maximum Gasteiger partial charge on any atom is 0.324 e. The van der Waals surface area contributed by atoms with Crippen LogP contribution < -0.4 is 4.72 Å². The Balaban J connectivity index is 2.96. The molecule has 0 aliphatic heterocycles. The Hall–Kier alpha value is -0.440. The van der Waals surface area contributed by atoms with Crippen LogP contribution in [0.3, 0.4) is 0 Å². The van der Waals surface area contributed by atoms with Crippen LogP contribution in [0.1, 0.15) is 34.6 Å². The summed E-state index contributed by atoms with van der Waals surface area (Å²) in [6.45, 7) is 8.76. The quantitative estimate of drug-likeness (QED) is 0.774. The van der Waals surface area contributed by atoms with Crippen LogP contribution in [-0.2, 0) is 19.6 Å². The second kappa shape index (κ2) is 6.76. The van der Waals surface area contributed by atoms with E-state index < -0.39 is 27.6 Å². The molecule has 0 aliphatic rings. The predicted molar refractivity (Wildman–Crippen MR) is 86.8 cm³/mol. The molecule has 0 radical (unpaired) electrons. The summed E-state index contributed by atoms with van der Waals surface area (Å²) < 4.78 is 33.2. The first-order chi connectivity index (χ1) is 9.42. The molecule has 0 aliphatic carbocycles. The minimum atomic E-state index is -3.75. The number of ether oxygens (including phenoxy) is 1. The van der Waals surface area contributed by atoms with Gasteiger partial charge >= 0.3 is 5.97 Å². The van der Waals surface area contributed by atoms with Gasteiger partial charge in [0, 0.05) is 0 Å². The molecule has 0 spiro atoms. The normalized spacial score (nSPS) is 14.2. The predicted octanol–water partition coefficient (Wildman–Crippen LogP) is 3.16. The lowest BCUT2D eigenvalue weighted by Gasteiger charge is -2.26. The van der Waals surface area contributed by atoms with Crippen LogP contribution in [0, 0.1) is 5.92 Å². The Labute approximate surface area is 138 Å². The number of esters is 1. The van der Waals surface area contributed by atoms with E-state index in [-0.39, 0.29) is 10.1 Å². The summed E-state index contributed by atoms with van der Waals surface area (Å²) in [5, 5.41) is 0. The van der Waals surface area contributed by atoms with E-state index in [1.807, 2.05) is 0 Å². The number of rotatable bonds is 5. The number of sulfonamides is 1. The molecule has 0 aromatic carbocycles. The van der Waals surface area contributed by atoms with Crippen molar-refractivity contribution in [2.24, 2.45) is 5.92 Å². The van der Waals surface area contributed by atoms with E-state index in [1.54, 1.807) is 40.7 Å². The van der Waals surface area contributed by atoms with Crippen molar-refractivity contribution in [1.82, 2.24) is 4.72 Å². The topological polar surface area (TPSA) is 72.5 Å². The first-order valence-corrected chi connectivity index (χ1v) is 9.52. The monoisotopic (exact) mass is 397 g/mol. The zero-order valence-corrected chi connectivity index (χ0v) is 15.9. The fraction of sp³-hybridized carbons (Fsp3) is 0.615. The Morgan fingerprint density at radius 3 is 2.29 bits per heavy atom. The van der Waals surface area contributed by atoms with Gasteiger partial charge in [-0.05, 0) is 54.8 Å². The Morgan fingerprint density at radius 1 is 1.33 bits per heavy atom. The van der Waals surface area contributed by atoms with Gasteiger partial charge in [-0.3, -0.25) is 4.79 Å². The Kier molecular flexibility index (Phi) is 5.99. The number of halogens is 1. The summed E-state index contributed by atoms with van der Waals surface area (Å²) >= 11 is 4.31. The third-order valence-corrected chi connectivity index (χ3v) is 5.98. The molecule has 0 unspecified atom stereocenters. The van der Waals surface area contributed by atoms with E-state index in [0.29, 0.717) is 3.79 Å². The lowest BCUT2D eigenvalue weighted by atomic mass is 10.1. The van der Waals surface area contributed by atoms with Gasteiger partial charge in [-0.25, -0.2) is 8.42 Å². The maximum absolute atomic E-state index is 12.3. The van der Waals surface area contributed by atoms with Crippen molar-refractivity contribution in [3.63, 3.8) is 0 Å². The van der Waals surface area contributed by atoms with Gasteiger partial charge in [-0.1, -0.05) is 13.8 Å². The average Bonchev–Trinajstić information content (AvgIpc) is 2.70. The van der Waals surface area contributed by atoms with Crippen molar-refractivity contribution in [2.45, 2.75) is 50.5 Å². The summed E-state index contributed by atoms with van der Waals surface area (Å²) in [6, 6.07) is 2.22. The van der Waals surface area contributed by atoms with Crippen LogP contribution >= 0.6 is 27.3 Å². The summed E-state index contributed by atoms with van der Waals surface area (Å²) in [7, 11) is -3.75. The van der Waals surface area contributed by atoms with Crippen LogP contribution in [0.4, 0.5) is 0 Å². The molecular weight excluding hydrogens is 378 g/mol. The van der Waals surface area contributed by atoms with Crippen LogP contribution in [-0.4, -0.2) is 26.0 Å². The van der Waals surface area contributed by atoms with E-state index in [4.69, 9.17) is 4.74 Å². The SMILES string of the molecule is CC(C)[C@H](NS(=O)(=O)c1ccc(Br)s1)C(=O)OC(C)(C)C. The third kappa shape index (κ3) is 5.69. The number of hydrogen-bond acceptors (Lipinski definition) is 5. The van der Waals surface area contributed by atoms with Gasteiger partial charge in [0.2, 0.25) is 0 Å². The number of thiophene rings is 1. The van der Waals surface area contributed by atoms with E-state index in [0.717, 1.165) is 11.3 Å². The standard InChI is InChI=1S/C13H20BrNO4S2/c1-8(2)11(12(16)19-13(3,4)5)15-21(17,18)10-7-6-9(14)20-10/h6-8,11,15H,1-5H3/t11-/m0/s1. The van der Waals surface area contributed by atoms with Gasteiger partial charge < -0.3 is 4.74 Å². The molecular formula is C13H20BrNO4S2. The molecule has 0 saturated carbocycles. The smallest absolute Gasteiger partial charge is 0.324 e. The van der Waals surface area contributed by atoms with E-state index in [1.165, 1.54) is 6.07 Å². The van der Waals surface area contributed by atoms with E-state index in [9.17, 15) is 13.2 Å². The first kappa shape index (κ1) is 18.6. The first-order valence-electron chi connectivity index (χ1n) is 6.43. The number of carbonyl (C=O) groups is 1. The highest BCUT2D eigenvalue weighted by molar-refractivity contribution is 9.11. The fourth-order valence-corrected chi connectivity index (χ4v) is 4.85. The van der Waals surface area contributed by atoms with Gasteiger partial charge in [0.15, 0.2) is 0 Å². The van der Waals surface area contributed by atoms with Crippen molar-refractivity contribution < 1.29 is 17.9 Å². The highest BCUT2D eigenvalue weighted by Gasteiger charge is 2.32. The van der Waals surface area contributed by atoms with Gasteiger partial charge in [-0.15, -0.1) is 11.3 Å². The molecule has 0 fully saturated rings. The van der Waals surface area contributed by atoms with Gasteiger partial charge in [-0.2, -0.15) is 4.72 Å². The van der Waals surface area contributed by atoms with Crippen LogP contribution in [0.2, 0.25) is 0 Å². The number of hydrogen-bond donors (Lipinski definition) is 1. The van der Waals surface area contributed by atoms with Crippen molar-refractivity contribution in [3.05, 3.63) is 15.9 Å². The molecule has 5 nitrogen and oxygen atoms in total. The molecule has 0 saturated heterocycles. The summed E-state index contributed by atoms with van der Waals surface area (Å²) in [5.41, 5.74) is -0.665. The molecule has 1 atom stereocenters. The maximum atomic E-state index is 12.3. The second-order valence-electron chi connectivity index (χ2n) is 5.93. The zero-order chi connectivity index (χ0) is 16.4. The molecule has 1 heterocycles. The molecule has 8 heteroatoms. The van der Waals surface area contributed by atoms with Crippen molar-refractivity contribution in [3.8, 4) is 0 Å². The highest BCUT2D eigenvalue weighted by Crippen LogP contribution is 2.26. The fourth-order valence-electron chi connectivity index (χ4n) is 1.49. The van der Waals surface area contributed by atoms with Crippen molar-refractivity contribution >= 4 is 43.3 Å². The van der Waals surface area contributed by atoms with Crippen LogP contribution in [0.15, 0.2) is 20.1 Å². The van der Waals surface area contributed by atoms with Gasteiger partial charge in [0.1, 0.15) is 15.9 Å². The molecule has 1 rings (SSSR count). The molecule has 1 aromatic rings. The second-order valence-corrected chi connectivity index (χ2v) is 10.3. The minimum absolute atomic E-state index is 0.156. The van der Waals surface area contributed by atoms with E-state index >= 15 is 0 Å². The van der Waals surface area contributed by atoms with Crippen LogP contribution in [0.25, 0.3) is 0 Å². The molecule has 0 amide bonds. The van der Waals surface area contributed by atoms with Crippen molar-refractivity contribution in [1.29, 1.82) is 0 Å². The van der Waals surface area contributed by atoms with Crippen molar-refractivity contribution in [2.75, 3.05) is 0 Å². The van der Waals surface area contributed by atoms with E-state index in [2.05, 4.69) is 20.7 Å². The molecule has 120 valence electrons. The summed E-state index contributed by atoms with van der Waals surface area (Å²) in [6.07, 6.45) is 0. The Bertz CT molecular complexity index is 602. The summed E-state index contributed by atoms with van der Waals surface area (Å²) in [5.74, 6) is -0.797. The molecule has 1 aromatic heterocycles. The van der Waals surface area contributed by atoms with Gasteiger partial charge in [0.25, 0.3) is 10.0 Å². The number of nitrogens with one attached hydrogen (secondary N) is 1. The average molecular weight is 398 g/mol. The number of carbonyl (C=O) groups excluding carboxylic acids is 1. The summed E-state index contributed by atoms with van der Waals surface area (Å²) in [4.78, 5) is 12.2.